The normalized spacial score (nSPS) is 26.0. The highest BCUT2D eigenvalue weighted by Crippen LogP contribution is 2.27. The first-order valence-electron chi connectivity index (χ1n) is 8.26. The second-order valence-electron chi connectivity index (χ2n) is 6.44. The number of nitrogens with zero attached hydrogens (tertiary/aromatic N) is 2. The molecule has 1 saturated carbocycles. The van der Waals surface area contributed by atoms with Crippen LogP contribution in [0, 0.1) is 11.3 Å². The summed E-state index contributed by atoms with van der Waals surface area (Å²) in [6.07, 6.45) is 8.81. The highest BCUT2D eigenvalue weighted by atomic mass is 16.3. The third kappa shape index (κ3) is 4.42. The van der Waals surface area contributed by atoms with Gasteiger partial charge in [-0.1, -0.05) is 25.7 Å². The van der Waals surface area contributed by atoms with Crippen LogP contribution in [0.15, 0.2) is 0 Å². The molecule has 1 amide bonds. The molecule has 2 fully saturated rings. The molecule has 0 aromatic rings. The number of aliphatic hydroxyl groups is 1. The molecule has 21 heavy (non-hydrogen) atoms. The van der Waals surface area contributed by atoms with Gasteiger partial charge in [0.05, 0.1) is 12.6 Å². The SMILES string of the molecule is N#CC1(NC(=O)CN2CCCCC2CCO)CCCCC1. The van der Waals surface area contributed by atoms with E-state index in [1.54, 1.807) is 0 Å². The van der Waals surface area contributed by atoms with Crippen LogP contribution < -0.4 is 5.32 Å². The van der Waals surface area contributed by atoms with Gasteiger partial charge in [-0.15, -0.1) is 0 Å². The molecule has 1 heterocycles. The number of piperidine rings is 1. The maximum absolute atomic E-state index is 12.3. The van der Waals surface area contributed by atoms with Crippen molar-refractivity contribution in [2.75, 3.05) is 19.7 Å². The number of amides is 1. The molecule has 1 aliphatic carbocycles. The molecule has 0 radical (unpaired) electrons. The zero-order valence-electron chi connectivity index (χ0n) is 12.8. The number of carbonyl (C=O) groups is 1. The predicted octanol–water partition coefficient (Wildman–Crippen LogP) is 1.57. The Morgan fingerprint density at radius 1 is 1.29 bits per heavy atom. The molecule has 0 spiro atoms. The Bertz CT molecular complexity index is 383. The Kier molecular flexibility index (Phi) is 6.01. The summed E-state index contributed by atoms with van der Waals surface area (Å²) in [7, 11) is 0. The molecule has 0 aromatic heterocycles. The minimum Gasteiger partial charge on any atom is -0.396 e. The van der Waals surface area contributed by atoms with Gasteiger partial charge in [-0.3, -0.25) is 9.69 Å². The standard InChI is InChI=1S/C16H27N3O2/c17-13-16(8-3-1-4-9-16)18-15(21)12-19-10-5-2-6-14(19)7-11-20/h14,20H,1-12H2,(H,18,21). The average molecular weight is 293 g/mol. The molecule has 1 atom stereocenters. The predicted molar refractivity (Wildman–Crippen MR) is 80.5 cm³/mol. The Hall–Kier alpha value is -1.12. The quantitative estimate of drug-likeness (QED) is 0.806. The minimum atomic E-state index is -0.641. The number of likely N-dealkylation sites (tertiary alicyclic amines) is 1. The monoisotopic (exact) mass is 293 g/mol. The lowest BCUT2D eigenvalue weighted by molar-refractivity contribution is -0.125. The van der Waals surface area contributed by atoms with E-state index in [0.717, 1.165) is 57.9 Å². The highest BCUT2D eigenvalue weighted by Gasteiger charge is 2.34. The topological polar surface area (TPSA) is 76.4 Å². The first-order valence-corrected chi connectivity index (χ1v) is 8.26. The van der Waals surface area contributed by atoms with Crippen molar-refractivity contribution in [1.82, 2.24) is 10.2 Å². The van der Waals surface area contributed by atoms with Gasteiger partial charge in [0, 0.05) is 12.6 Å². The summed E-state index contributed by atoms with van der Waals surface area (Å²) in [6.45, 7) is 1.44. The van der Waals surface area contributed by atoms with E-state index < -0.39 is 5.54 Å². The molecule has 1 saturated heterocycles. The van der Waals surface area contributed by atoms with Gasteiger partial charge in [-0.2, -0.15) is 5.26 Å². The molecule has 2 N–H and O–H groups in total. The van der Waals surface area contributed by atoms with Crippen LogP contribution in [0.2, 0.25) is 0 Å². The second kappa shape index (κ2) is 7.77. The summed E-state index contributed by atoms with van der Waals surface area (Å²) in [5.41, 5.74) is -0.641. The minimum absolute atomic E-state index is 0.0386. The van der Waals surface area contributed by atoms with Crippen LogP contribution in [0.4, 0.5) is 0 Å². The fraction of sp³-hybridized carbons (Fsp3) is 0.875. The lowest BCUT2D eigenvalue weighted by Gasteiger charge is -2.37. The number of nitriles is 1. The zero-order chi connectivity index (χ0) is 15.1. The lowest BCUT2D eigenvalue weighted by atomic mass is 9.83. The first kappa shape index (κ1) is 16.3. The van der Waals surface area contributed by atoms with Crippen molar-refractivity contribution in [2.24, 2.45) is 0 Å². The van der Waals surface area contributed by atoms with Gasteiger partial charge in [0.1, 0.15) is 5.54 Å². The van der Waals surface area contributed by atoms with E-state index in [-0.39, 0.29) is 12.5 Å². The molecule has 118 valence electrons. The van der Waals surface area contributed by atoms with E-state index in [1.807, 2.05) is 0 Å². The largest absolute Gasteiger partial charge is 0.396 e. The maximum atomic E-state index is 12.3. The summed E-state index contributed by atoms with van der Waals surface area (Å²) < 4.78 is 0. The maximum Gasteiger partial charge on any atom is 0.235 e. The molecule has 5 nitrogen and oxygen atoms in total. The number of hydrogen-bond acceptors (Lipinski definition) is 4. The van der Waals surface area contributed by atoms with Crippen LogP contribution in [0.5, 0.6) is 0 Å². The van der Waals surface area contributed by atoms with E-state index in [4.69, 9.17) is 5.11 Å². The van der Waals surface area contributed by atoms with Crippen LogP contribution >= 0.6 is 0 Å². The Morgan fingerprint density at radius 2 is 2.05 bits per heavy atom. The summed E-state index contributed by atoms with van der Waals surface area (Å²) >= 11 is 0. The van der Waals surface area contributed by atoms with Crippen molar-refractivity contribution in [3.05, 3.63) is 0 Å². The molecule has 0 aromatic carbocycles. The number of carbonyl (C=O) groups excluding carboxylic acids is 1. The van der Waals surface area contributed by atoms with Gasteiger partial charge in [0.2, 0.25) is 5.91 Å². The van der Waals surface area contributed by atoms with E-state index in [0.29, 0.717) is 12.6 Å². The highest BCUT2D eigenvalue weighted by molar-refractivity contribution is 5.79. The number of hydrogen-bond donors (Lipinski definition) is 2. The van der Waals surface area contributed by atoms with E-state index in [1.165, 1.54) is 6.42 Å². The Balaban J connectivity index is 1.89. The average Bonchev–Trinajstić information content (AvgIpc) is 2.50. The van der Waals surface area contributed by atoms with E-state index in [9.17, 15) is 10.1 Å². The fourth-order valence-electron chi connectivity index (χ4n) is 3.66. The van der Waals surface area contributed by atoms with Crippen molar-refractivity contribution >= 4 is 5.91 Å². The fourth-order valence-corrected chi connectivity index (χ4v) is 3.66. The second-order valence-corrected chi connectivity index (χ2v) is 6.44. The van der Waals surface area contributed by atoms with Crippen molar-refractivity contribution in [2.45, 2.75) is 69.4 Å². The smallest absolute Gasteiger partial charge is 0.235 e. The van der Waals surface area contributed by atoms with Crippen LogP contribution in [-0.4, -0.2) is 47.2 Å². The molecular formula is C16H27N3O2. The van der Waals surface area contributed by atoms with E-state index >= 15 is 0 Å². The van der Waals surface area contributed by atoms with Crippen molar-refractivity contribution < 1.29 is 9.90 Å². The summed E-state index contributed by atoms with van der Waals surface area (Å²) in [6, 6.07) is 2.64. The van der Waals surface area contributed by atoms with Crippen LogP contribution in [0.1, 0.15) is 57.8 Å². The third-order valence-corrected chi connectivity index (χ3v) is 4.86. The van der Waals surface area contributed by atoms with Gasteiger partial charge < -0.3 is 10.4 Å². The zero-order valence-corrected chi connectivity index (χ0v) is 12.8. The molecule has 2 aliphatic rings. The molecule has 1 unspecified atom stereocenters. The first-order chi connectivity index (χ1) is 10.2. The van der Waals surface area contributed by atoms with Gasteiger partial charge in [0.15, 0.2) is 0 Å². The van der Waals surface area contributed by atoms with Crippen molar-refractivity contribution in [1.29, 1.82) is 5.26 Å². The lowest BCUT2D eigenvalue weighted by Crippen LogP contribution is -2.53. The molecule has 5 heteroatoms. The summed E-state index contributed by atoms with van der Waals surface area (Å²) in [5, 5.41) is 21.5. The molecule has 2 rings (SSSR count). The number of rotatable bonds is 5. The van der Waals surface area contributed by atoms with Crippen LogP contribution in [0.25, 0.3) is 0 Å². The molecule has 0 bridgehead atoms. The van der Waals surface area contributed by atoms with Gasteiger partial charge in [-0.05, 0) is 38.6 Å². The summed E-state index contributed by atoms with van der Waals surface area (Å²) in [4.78, 5) is 14.5. The number of nitrogens with one attached hydrogen (secondary N) is 1. The number of aliphatic hydroxyl groups excluding tert-OH is 1. The van der Waals surface area contributed by atoms with Crippen LogP contribution in [0.3, 0.4) is 0 Å². The van der Waals surface area contributed by atoms with Gasteiger partial charge >= 0.3 is 0 Å². The van der Waals surface area contributed by atoms with Gasteiger partial charge in [0.25, 0.3) is 0 Å². The van der Waals surface area contributed by atoms with Crippen molar-refractivity contribution in [3.8, 4) is 6.07 Å². The third-order valence-electron chi connectivity index (χ3n) is 4.86. The molecular weight excluding hydrogens is 266 g/mol. The van der Waals surface area contributed by atoms with E-state index in [2.05, 4.69) is 16.3 Å². The van der Waals surface area contributed by atoms with Crippen LogP contribution in [-0.2, 0) is 4.79 Å². The molecule has 1 aliphatic heterocycles. The van der Waals surface area contributed by atoms with Crippen molar-refractivity contribution in [3.63, 3.8) is 0 Å². The Morgan fingerprint density at radius 3 is 2.71 bits per heavy atom. The summed E-state index contributed by atoms with van der Waals surface area (Å²) in [5.74, 6) is -0.0386. The van der Waals surface area contributed by atoms with Gasteiger partial charge in [-0.25, -0.2) is 0 Å². The Labute approximate surface area is 127 Å².